The van der Waals surface area contributed by atoms with Crippen LogP contribution in [0, 0.1) is 27.7 Å². The lowest BCUT2D eigenvalue weighted by Gasteiger charge is -2.04. The molecule has 0 radical (unpaired) electrons. The van der Waals surface area contributed by atoms with Crippen LogP contribution in [0.25, 0.3) is 28.1 Å². The van der Waals surface area contributed by atoms with Gasteiger partial charge in [-0.25, -0.2) is 4.98 Å². The van der Waals surface area contributed by atoms with Crippen LogP contribution in [0.2, 0.25) is 0 Å². The van der Waals surface area contributed by atoms with Gasteiger partial charge in [-0.1, -0.05) is 29.5 Å². The zero-order chi connectivity index (χ0) is 20.1. The molecule has 29 heavy (non-hydrogen) atoms. The Hall–Kier alpha value is -3.06. The maximum atomic E-state index is 5.90. The molecular formula is C22H20N4O2S. The average Bonchev–Trinajstić information content (AvgIpc) is 3.34. The Morgan fingerprint density at radius 2 is 1.72 bits per heavy atom. The summed E-state index contributed by atoms with van der Waals surface area (Å²) in [7, 11) is 0. The van der Waals surface area contributed by atoms with Gasteiger partial charge in [-0.05, 0) is 39.8 Å². The molecule has 0 spiro atoms. The number of furan rings is 1. The molecule has 0 unspecified atom stereocenters. The van der Waals surface area contributed by atoms with E-state index in [1.165, 1.54) is 5.56 Å². The van der Waals surface area contributed by atoms with Crippen LogP contribution in [0.1, 0.15) is 28.6 Å². The van der Waals surface area contributed by atoms with Crippen LogP contribution < -0.4 is 0 Å². The molecule has 6 nitrogen and oxygen atoms in total. The Morgan fingerprint density at radius 1 is 0.931 bits per heavy atom. The number of thioether (sulfide) groups is 1. The van der Waals surface area contributed by atoms with Crippen molar-refractivity contribution >= 4 is 28.4 Å². The molecule has 0 aliphatic rings. The second-order valence-corrected chi connectivity index (χ2v) is 8.16. The Labute approximate surface area is 172 Å². The van der Waals surface area contributed by atoms with E-state index in [9.17, 15) is 0 Å². The molecule has 1 aromatic carbocycles. The summed E-state index contributed by atoms with van der Waals surface area (Å²) >= 11 is 1.60. The van der Waals surface area contributed by atoms with Gasteiger partial charge in [-0.3, -0.25) is 4.40 Å². The third-order valence-corrected chi connectivity index (χ3v) is 5.96. The molecule has 5 aromatic rings. The van der Waals surface area contributed by atoms with E-state index in [1.807, 2.05) is 45.0 Å². The molecule has 0 atom stereocenters. The van der Waals surface area contributed by atoms with Gasteiger partial charge in [0.2, 0.25) is 5.89 Å². The molecule has 4 heterocycles. The number of benzene rings is 1. The number of fused-ring (bicyclic) bond motifs is 3. The van der Waals surface area contributed by atoms with Crippen molar-refractivity contribution in [2.24, 2.45) is 0 Å². The highest BCUT2D eigenvalue weighted by molar-refractivity contribution is 7.98. The van der Waals surface area contributed by atoms with Gasteiger partial charge in [0.05, 0.1) is 16.7 Å². The van der Waals surface area contributed by atoms with E-state index in [2.05, 4.69) is 33.7 Å². The van der Waals surface area contributed by atoms with Crippen molar-refractivity contribution in [1.29, 1.82) is 0 Å². The molecule has 0 aliphatic carbocycles. The fraction of sp³-hybridized carbons (Fsp3) is 0.227. The van der Waals surface area contributed by atoms with Crippen LogP contribution >= 0.6 is 11.8 Å². The van der Waals surface area contributed by atoms with E-state index in [0.717, 1.165) is 50.2 Å². The summed E-state index contributed by atoms with van der Waals surface area (Å²) in [6.07, 6.45) is 0. The minimum absolute atomic E-state index is 0.647. The monoisotopic (exact) mass is 404 g/mol. The minimum atomic E-state index is 0.647. The lowest BCUT2D eigenvalue weighted by atomic mass is 10.1. The van der Waals surface area contributed by atoms with Crippen molar-refractivity contribution in [2.75, 3.05) is 0 Å². The molecule has 0 N–H and O–H groups in total. The quantitative estimate of drug-likeness (QED) is 0.360. The summed E-state index contributed by atoms with van der Waals surface area (Å²) in [6.45, 7) is 7.91. The first-order valence-corrected chi connectivity index (χ1v) is 10.4. The Kier molecular flexibility index (Phi) is 4.20. The van der Waals surface area contributed by atoms with Crippen LogP contribution in [-0.4, -0.2) is 19.6 Å². The number of hydrogen-bond donors (Lipinski definition) is 0. The Bertz CT molecular complexity index is 1350. The van der Waals surface area contributed by atoms with Gasteiger partial charge in [0, 0.05) is 23.4 Å². The van der Waals surface area contributed by atoms with Gasteiger partial charge < -0.3 is 8.83 Å². The summed E-state index contributed by atoms with van der Waals surface area (Å²) < 4.78 is 13.8. The third kappa shape index (κ3) is 3.11. The SMILES string of the molecule is Cc1ccc(-c2nc(CSc3nnc(C)n4c3cc3oc(C)cc34)c(C)o2)cc1. The number of aromatic nitrogens is 4. The lowest BCUT2D eigenvalue weighted by Crippen LogP contribution is -2.00. The minimum Gasteiger partial charge on any atom is -0.460 e. The van der Waals surface area contributed by atoms with Gasteiger partial charge in [-0.15, -0.1) is 10.2 Å². The number of oxazole rings is 1. The van der Waals surface area contributed by atoms with E-state index in [0.29, 0.717) is 11.6 Å². The summed E-state index contributed by atoms with van der Waals surface area (Å²) in [5, 5.41) is 9.60. The van der Waals surface area contributed by atoms with Crippen LogP contribution in [0.5, 0.6) is 0 Å². The first-order chi connectivity index (χ1) is 14.0. The van der Waals surface area contributed by atoms with Crippen molar-refractivity contribution in [3.63, 3.8) is 0 Å². The van der Waals surface area contributed by atoms with Crippen LogP contribution in [0.4, 0.5) is 0 Å². The van der Waals surface area contributed by atoms with Gasteiger partial charge in [0.25, 0.3) is 0 Å². The molecule has 0 aliphatic heterocycles. The van der Waals surface area contributed by atoms with Crippen molar-refractivity contribution < 1.29 is 8.83 Å². The zero-order valence-corrected chi connectivity index (χ0v) is 17.5. The maximum Gasteiger partial charge on any atom is 0.226 e. The zero-order valence-electron chi connectivity index (χ0n) is 16.7. The number of nitrogens with zero attached hydrogens (tertiary/aromatic N) is 4. The second kappa shape index (κ2) is 6.77. The topological polar surface area (TPSA) is 69.4 Å². The number of aryl methyl sites for hydroxylation is 4. The summed E-state index contributed by atoms with van der Waals surface area (Å²) in [5.74, 6) is 3.84. The fourth-order valence-corrected chi connectivity index (χ4v) is 4.39. The first kappa shape index (κ1) is 18.0. The normalized spacial score (nSPS) is 11.7. The smallest absolute Gasteiger partial charge is 0.226 e. The average molecular weight is 404 g/mol. The Morgan fingerprint density at radius 3 is 2.52 bits per heavy atom. The number of rotatable bonds is 4. The third-order valence-electron chi connectivity index (χ3n) is 4.98. The molecular weight excluding hydrogens is 384 g/mol. The molecule has 0 saturated heterocycles. The Balaban J connectivity index is 1.46. The molecule has 0 bridgehead atoms. The molecule has 0 saturated carbocycles. The predicted octanol–water partition coefficient (Wildman–Crippen LogP) is 5.66. The van der Waals surface area contributed by atoms with Crippen LogP contribution in [-0.2, 0) is 5.75 Å². The largest absolute Gasteiger partial charge is 0.460 e. The fourth-order valence-electron chi connectivity index (χ4n) is 3.46. The van der Waals surface area contributed by atoms with E-state index in [-0.39, 0.29) is 0 Å². The van der Waals surface area contributed by atoms with E-state index < -0.39 is 0 Å². The molecule has 7 heteroatoms. The standard InChI is InChI=1S/C22H20N4O2S/c1-12-5-7-16(8-6-12)21-23-17(14(3)28-21)11-29-22-19-10-20-18(9-13(2)27-20)26(19)15(4)24-25-22/h5-10H,11H2,1-4H3. The highest BCUT2D eigenvalue weighted by Crippen LogP contribution is 2.32. The first-order valence-electron chi connectivity index (χ1n) is 9.40. The number of hydrogen-bond acceptors (Lipinski definition) is 6. The second-order valence-electron chi connectivity index (χ2n) is 7.20. The van der Waals surface area contributed by atoms with Gasteiger partial charge in [0.15, 0.2) is 5.58 Å². The molecule has 4 aromatic heterocycles. The van der Waals surface area contributed by atoms with Crippen molar-refractivity contribution in [2.45, 2.75) is 38.5 Å². The van der Waals surface area contributed by atoms with Crippen molar-refractivity contribution in [3.8, 4) is 11.5 Å². The molecule has 146 valence electrons. The van der Waals surface area contributed by atoms with Gasteiger partial charge >= 0.3 is 0 Å². The van der Waals surface area contributed by atoms with Gasteiger partial charge in [-0.2, -0.15) is 0 Å². The van der Waals surface area contributed by atoms with E-state index in [1.54, 1.807) is 11.8 Å². The maximum absolute atomic E-state index is 5.90. The molecule has 0 amide bonds. The van der Waals surface area contributed by atoms with Crippen molar-refractivity contribution in [3.05, 3.63) is 65.0 Å². The lowest BCUT2D eigenvalue weighted by molar-refractivity contribution is 0.540. The summed E-state index contributed by atoms with van der Waals surface area (Å²) in [4.78, 5) is 4.71. The molecule has 0 fully saturated rings. The predicted molar refractivity (Wildman–Crippen MR) is 113 cm³/mol. The summed E-state index contributed by atoms with van der Waals surface area (Å²) in [5.41, 5.74) is 5.97. The van der Waals surface area contributed by atoms with E-state index >= 15 is 0 Å². The molecule has 5 rings (SSSR count). The van der Waals surface area contributed by atoms with Crippen LogP contribution in [0.15, 0.2) is 50.3 Å². The summed E-state index contributed by atoms with van der Waals surface area (Å²) in [6, 6.07) is 12.2. The van der Waals surface area contributed by atoms with Crippen LogP contribution in [0.3, 0.4) is 0 Å². The highest BCUT2D eigenvalue weighted by atomic mass is 32.2. The van der Waals surface area contributed by atoms with Gasteiger partial charge in [0.1, 0.15) is 22.4 Å². The highest BCUT2D eigenvalue weighted by Gasteiger charge is 2.17. The van der Waals surface area contributed by atoms with Crippen molar-refractivity contribution in [1.82, 2.24) is 19.6 Å². The van der Waals surface area contributed by atoms with E-state index in [4.69, 9.17) is 13.8 Å².